The molecule has 2 aromatic carbocycles. The average molecular weight is 461 g/mol. The minimum Gasteiger partial charge on any atom is -0.497 e. The van der Waals surface area contributed by atoms with Gasteiger partial charge in [0.15, 0.2) is 11.5 Å². The first-order chi connectivity index (χ1) is 16.5. The van der Waals surface area contributed by atoms with Gasteiger partial charge < -0.3 is 23.5 Å². The van der Waals surface area contributed by atoms with Crippen molar-refractivity contribution >= 4 is 10.9 Å². The van der Waals surface area contributed by atoms with Crippen LogP contribution in [0.2, 0.25) is 0 Å². The molecule has 2 aromatic heterocycles. The second-order valence-corrected chi connectivity index (χ2v) is 8.41. The maximum absolute atomic E-state index is 13.5. The van der Waals surface area contributed by atoms with Crippen LogP contribution in [0.1, 0.15) is 17.4 Å². The molecule has 4 aromatic rings. The summed E-state index contributed by atoms with van der Waals surface area (Å²) in [5, 5.41) is 0.487. The first kappa shape index (κ1) is 20.6. The summed E-state index contributed by atoms with van der Waals surface area (Å²) < 4.78 is 27.4. The lowest BCUT2D eigenvalue weighted by Gasteiger charge is -2.28. The highest BCUT2D eigenvalue weighted by Crippen LogP contribution is 2.43. The van der Waals surface area contributed by atoms with E-state index in [2.05, 4.69) is 4.57 Å². The van der Waals surface area contributed by atoms with E-state index in [0.29, 0.717) is 35.6 Å². The molecule has 0 saturated carbocycles. The third kappa shape index (κ3) is 2.83. The summed E-state index contributed by atoms with van der Waals surface area (Å²) in [4.78, 5) is 26.4. The highest BCUT2D eigenvalue weighted by Gasteiger charge is 2.33. The van der Waals surface area contributed by atoms with Crippen LogP contribution in [0.3, 0.4) is 0 Å². The monoisotopic (exact) mass is 461 g/mol. The van der Waals surface area contributed by atoms with Gasteiger partial charge in [-0.3, -0.25) is 13.9 Å². The van der Waals surface area contributed by atoms with Crippen LogP contribution in [0.4, 0.5) is 0 Å². The predicted octanol–water partition coefficient (Wildman–Crippen LogP) is 2.56. The lowest BCUT2D eigenvalue weighted by atomic mass is 10.0. The number of aromatic nitrogens is 3. The zero-order valence-corrected chi connectivity index (χ0v) is 19.0. The summed E-state index contributed by atoms with van der Waals surface area (Å²) in [5.41, 5.74) is 3.10. The van der Waals surface area contributed by atoms with Crippen molar-refractivity contribution in [1.82, 2.24) is 13.7 Å². The standard InChI is InChI=1S/C25H23N3O6/c1-26-21-19(24(29)27(2)25(26)30)20(14-4-7-16(31-3)8-5-14)28-10-11-32-23(22(21)28)15-6-9-17-18(12-15)34-13-33-17/h4-9,12,23H,10-11,13H2,1-3H3/t23-/m1/s1. The molecule has 0 saturated heterocycles. The summed E-state index contributed by atoms with van der Waals surface area (Å²) in [6.07, 6.45) is -0.490. The van der Waals surface area contributed by atoms with Crippen LogP contribution in [0.25, 0.3) is 22.2 Å². The second kappa shape index (κ2) is 7.53. The number of ether oxygens (including phenoxy) is 4. The topological polar surface area (TPSA) is 85.9 Å². The van der Waals surface area contributed by atoms with Gasteiger partial charge in [-0.15, -0.1) is 0 Å². The molecule has 0 spiro atoms. The van der Waals surface area contributed by atoms with Gasteiger partial charge in [0, 0.05) is 20.6 Å². The number of hydrogen-bond donors (Lipinski definition) is 0. The van der Waals surface area contributed by atoms with Crippen LogP contribution in [-0.4, -0.2) is 34.2 Å². The molecule has 0 radical (unpaired) electrons. The quantitative estimate of drug-likeness (QED) is 0.466. The van der Waals surface area contributed by atoms with E-state index in [9.17, 15) is 9.59 Å². The van der Waals surface area contributed by atoms with E-state index in [4.69, 9.17) is 18.9 Å². The van der Waals surface area contributed by atoms with Gasteiger partial charge in [0.2, 0.25) is 6.79 Å². The fourth-order valence-corrected chi connectivity index (χ4v) is 4.96. The van der Waals surface area contributed by atoms with Crippen molar-refractivity contribution in [3.63, 3.8) is 0 Å². The summed E-state index contributed by atoms with van der Waals surface area (Å²) in [6, 6.07) is 13.3. The molecule has 0 bridgehead atoms. The summed E-state index contributed by atoms with van der Waals surface area (Å²) in [5.74, 6) is 2.05. The Morgan fingerprint density at radius 3 is 2.50 bits per heavy atom. The molecule has 0 amide bonds. The number of fused-ring (bicyclic) bond motifs is 4. The van der Waals surface area contributed by atoms with Gasteiger partial charge in [0.1, 0.15) is 11.9 Å². The van der Waals surface area contributed by atoms with E-state index in [1.165, 1.54) is 11.6 Å². The van der Waals surface area contributed by atoms with Crippen LogP contribution < -0.4 is 25.5 Å². The number of rotatable bonds is 3. The van der Waals surface area contributed by atoms with Gasteiger partial charge >= 0.3 is 5.69 Å². The van der Waals surface area contributed by atoms with Crippen LogP contribution in [-0.2, 0) is 25.4 Å². The second-order valence-electron chi connectivity index (χ2n) is 8.41. The largest absolute Gasteiger partial charge is 0.497 e. The van der Waals surface area contributed by atoms with Gasteiger partial charge in [-0.25, -0.2) is 4.79 Å². The number of aryl methyl sites for hydroxylation is 1. The molecular formula is C25H23N3O6. The van der Waals surface area contributed by atoms with E-state index in [1.54, 1.807) is 14.2 Å². The Bertz CT molecular complexity index is 1560. The van der Waals surface area contributed by atoms with Gasteiger partial charge in [0.05, 0.1) is 36.0 Å². The average Bonchev–Trinajstić information content (AvgIpc) is 3.48. The SMILES string of the molecule is COc1ccc(-c2c3c(=O)n(C)c(=O)n(C)c3c3n2CCO[C@@H]3c2ccc3c(c2)OCO3)cc1. The van der Waals surface area contributed by atoms with Crippen molar-refractivity contribution in [2.45, 2.75) is 12.6 Å². The van der Waals surface area contributed by atoms with E-state index in [1.807, 2.05) is 42.5 Å². The lowest BCUT2D eigenvalue weighted by molar-refractivity contribution is 0.0477. The van der Waals surface area contributed by atoms with Crippen LogP contribution in [0, 0.1) is 0 Å². The van der Waals surface area contributed by atoms with Crippen molar-refractivity contribution in [3.05, 3.63) is 74.6 Å². The Hall–Kier alpha value is -3.98. The minimum absolute atomic E-state index is 0.176. The molecule has 0 N–H and O–H groups in total. The molecule has 2 aliphatic rings. The molecule has 0 fully saturated rings. The number of nitrogens with zero attached hydrogens (tertiary/aromatic N) is 3. The van der Waals surface area contributed by atoms with Crippen LogP contribution in [0.15, 0.2) is 52.1 Å². The molecule has 2 aliphatic heterocycles. The summed E-state index contributed by atoms with van der Waals surface area (Å²) in [7, 11) is 4.81. The van der Waals surface area contributed by atoms with Crippen molar-refractivity contribution in [2.75, 3.05) is 20.5 Å². The first-order valence-corrected chi connectivity index (χ1v) is 11.0. The highest BCUT2D eigenvalue weighted by atomic mass is 16.7. The molecule has 6 rings (SSSR count). The van der Waals surface area contributed by atoms with Gasteiger partial charge in [-0.1, -0.05) is 6.07 Å². The van der Waals surface area contributed by atoms with E-state index < -0.39 is 6.10 Å². The van der Waals surface area contributed by atoms with Gasteiger partial charge in [0.25, 0.3) is 5.56 Å². The molecular weight excluding hydrogens is 438 g/mol. The van der Waals surface area contributed by atoms with Gasteiger partial charge in [-0.05, 0) is 47.5 Å². The van der Waals surface area contributed by atoms with Gasteiger partial charge in [-0.2, -0.15) is 0 Å². The van der Waals surface area contributed by atoms with E-state index in [0.717, 1.165) is 32.8 Å². The van der Waals surface area contributed by atoms with Crippen LogP contribution in [0.5, 0.6) is 17.2 Å². The molecule has 174 valence electrons. The Kier molecular flexibility index (Phi) is 4.56. The van der Waals surface area contributed by atoms with Crippen LogP contribution >= 0.6 is 0 Å². The third-order valence-electron chi connectivity index (χ3n) is 6.62. The van der Waals surface area contributed by atoms with E-state index >= 15 is 0 Å². The van der Waals surface area contributed by atoms with Crippen molar-refractivity contribution < 1.29 is 18.9 Å². The maximum atomic E-state index is 13.5. The predicted molar refractivity (Wildman–Crippen MR) is 125 cm³/mol. The first-order valence-electron chi connectivity index (χ1n) is 11.0. The molecule has 34 heavy (non-hydrogen) atoms. The fraction of sp³-hybridized carbons (Fsp3) is 0.280. The molecule has 4 heterocycles. The zero-order valence-electron chi connectivity index (χ0n) is 19.0. The third-order valence-corrected chi connectivity index (χ3v) is 6.62. The molecule has 9 heteroatoms. The van der Waals surface area contributed by atoms with Crippen molar-refractivity contribution in [2.24, 2.45) is 14.1 Å². The molecule has 0 unspecified atom stereocenters. The number of methoxy groups -OCH3 is 1. The minimum atomic E-state index is -0.490. The highest BCUT2D eigenvalue weighted by molar-refractivity contribution is 5.96. The maximum Gasteiger partial charge on any atom is 0.331 e. The number of hydrogen-bond acceptors (Lipinski definition) is 6. The molecule has 9 nitrogen and oxygen atoms in total. The smallest absolute Gasteiger partial charge is 0.331 e. The summed E-state index contributed by atoms with van der Waals surface area (Å²) >= 11 is 0. The zero-order chi connectivity index (χ0) is 23.6. The summed E-state index contributed by atoms with van der Waals surface area (Å²) in [6.45, 7) is 1.17. The van der Waals surface area contributed by atoms with Crippen molar-refractivity contribution in [3.8, 4) is 28.5 Å². The Morgan fingerprint density at radius 2 is 1.74 bits per heavy atom. The Balaban J connectivity index is 1.68. The molecule has 1 atom stereocenters. The molecule has 0 aliphatic carbocycles. The Labute approximate surface area is 194 Å². The lowest BCUT2D eigenvalue weighted by Crippen LogP contribution is -2.37. The Morgan fingerprint density at radius 1 is 0.971 bits per heavy atom. The fourth-order valence-electron chi connectivity index (χ4n) is 4.96. The normalized spacial score (nSPS) is 16.6. The van der Waals surface area contributed by atoms with E-state index in [-0.39, 0.29) is 18.0 Å². The number of benzene rings is 2. The van der Waals surface area contributed by atoms with Crippen molar-refractivity contribution in [1.29, 1.82) is 0 Å².